The van der Waals surface area contributed by atoms with Crippen LogP contribution in [-0.4, -0.2) is 16.1 Å². The van der Waals surface area contributed by atoms with Crippen LogP contribution in [-0.2, 0) is 6.61 Å². The van der Waals surface area contributed by atoms with Crippen molar-refractivity contribution in [2.45, 2.75) is 6.61 Å². The fourth-order valence-electron chi connectivity index (χ4n) is 2.45. The van der Waals surface area contributed by atoms with Crippen molar-refractivity contribution >= 4 is 23.3 Å². The maximum absolute atomic E-state index is 11.1. The van der Waals surface area contributed by atoms with Gasteiger partial charge in [0.05, 0.1) is 22.1 Å². The van der Waals surface area contributed by atoms with Crippen LogP contribution in [0.3, 0.4) is 0 Å². The minimum atomic E-state index is -0.705. The summed E-state index contributed by atoms with van der Waals surface area (Å²) in [6, 6.07) is 20.2. The average Bonchev–Trinajstić information content (AvgIpc) is 2.74. The molecule has 9 nitrogen and oxygen atoms in total. The molecule has 0 aliphatic rings. The van der Waals surface area contributed by atoms with Gasteiger partial charge in [-0.15, -0.1) is 0 Å². The molecule has 9 heteroatoms. The third-order valence-corrected chi connectivity index (χ3v) is 3.92. The molecule has 29 heavy (non-hydrogen) atoms. The number of hydrogen-bond acceptors (Lipinski definition) is 7. The van der Waals surface area contributed by atoms with Crippen LogP contribution in [0.15, 0.2) is 77.9 Å². The molecule has 3 aromatic rings. The van der Waals surface area contributed by atoms with E-state index in [-0.39, 0.29) is 11.4 Å². The summed E-state index contributed by atoms with van der Waals surface area (Å²) in [5.74, 6) is 0.699. The van der Waals surface area contributed by atoms with Crippen LogP contribution >= 0.6 is 0 Å². The zero-order valence-corrected chi connectivity index (χ0v) is 15.1. The maximum Gasteiger partial charge on any atom is 0.301 e. The van der Waals surface area contributed by atoms with Crippen molar-refractivity contribution in [2.24, 2.45) is 5.10 Å². The van der Waals surface area contributed by atoms with Crippen molar-refractivity contribution in [3.63, 3.8) is 0 Å². The molecule has 0 unspecified atom stereocenters. The fourth-order valence-corrected chi connectivity index (χ4v) is 2.45. The lowest BCUT2D eigenvalue weighted by Crippen LogP contribution is -1.99. The Bertz CT molecular complexity index is 1040. The lowest BCUT2D eigenvalue weighted by atomic mass is 10.2. The van der Waals surface area contributed by atoms with Crippen LogP contribution in [0.2, 0.25) is 0 Å². The zero-order valence-electron chi connectivity index (χ0n) is 15.1. The summed E-state index contributed by atoms with van der Waals surface area (Å²) in [7, 11) is 0. The Kier molecular flexibility index (Phi) is 6.11. The van der Waals surface area contributed by atoms with Gasteiger partial charge in [0.25, 0.3) is 5.69 Å². The van der Waals surface area contributed by atoms with Crippen LogP contribution in [0.1, 0.15) is 11.1 Å². The van der Waals surface area contributed by atoms with Crippen LogP contribution in [0, 0.1) is 20.2 Å². The third kappa shape index (κ3) is 5.36. The Morgan fingerprint density at radius 3 is 2.31 bits per heavy atom. The summed E-state index contributed by atoms with van der Waals surface area (Å²) in [4.78, 5) is 20.5. The van der Waals surface area contributed by atoms with Gasteiger partial charge in [-0.2, -0.15) is 5.10 Å². The molecule has 0 aliphatic heterocycles. The van der Waals surface area contributed by atoms with Gasteiger partial charge in [-0.05, 0) is 41.5 Å². The van der Waals surface area contributed by atoms with E-state index < -0.39 is 15.5 Å². The molecule has 1 N–H and O–H groups in total. The van der Waals surface area contributed by atoms with Gasteiger partial charge in [-0.3, -0.25) is 25.7 Å². The number of nitrogens with one attached hydrogen (secondary N) is 1. The van der Waals surface area contributed by atoms with Crippen molar-refractivity contribution in [3.05, 3.63) is 104 Å². The second-order valence-electron chi connectivity index (χ2n) is 5.93. The number of ether oxygens (including phenoxy) is 1. The smallest absolute Gasteiger partial charge is 0.301 e. The third-order valence-electron chi connectivity index (χ3n) is 3.92. The van der Waals surface area contributed by atoms with E-state index in [4.69, 9.17) is 4.74 Å². The highest BCUT2D eigenvalue weighted by molar-refractivity contribution is 5.80. The second kappa shape index (κ2) is 9.09. The van der Waals surface area contributed by atoms with Gasteiger partial charge in [-0.25, -0.2) is 0 Å². The lowest BCUT2D eigenvalue weighted by molar-refractivity contribution is -0.393. The average molecular weight is 392 g/mol. The number of nitro groups is 2. The minimum Gasteiger partial charge on any atom is -0.489 e. The van der Waals surface area contributed by atoms with Gasteiger partial charge in [0.1, 0.15) is 18.0 Å². The molecule has 0 saturated heterocycles. The molecular formula is C20H16N4O5. The van der Waals surface area contributed by atoms with E-state index >= 15 is 0 Å². The van der Waals surface area contributed by atoms with Gasteiger partial charge in [-0.1, -0.05) is 30.3 Å². The molecule has 0 spiro atoms. The van der Waals surface area contributed by atoms with E-state index in [1.807, 2.05) is 30.3 Å². The van der Waals surface area contributed by atoms with Gasteiger partial charge in [0, 0.05) is 6.07 Å². The van der Waals surface area contributed by atoms with E-state index in [0.29, 0.717) is 12.4 Å². The van der Waals surface area contributed by atoms with Crippen LogP contribution in [0.5, 0.6) is 5.75 Å². The van der Waals surface area contributed by atoms with Gasteiger partial charge < -0.3 is 4.74 Å². The van der Waals surface area contributed by atoms with Crippen molar-refractivity contribution < 1.29 is 14.6 Å². The number of hydrogen-bond donors (Lipinski definition) is 1. The first kappa shape index (κ1) is 19.5. The molecule has 0 saturated carbocycles. The molecule has 0 fully saturated rings. The number of nitrogens with zero attached hydrogens (tertiary/aromatic N) is 3. The quantitative estimate of drug-likeness (QED) is 0.342. The van der Waals surface area contributed by atoms with E-state index in [9.17, 15) is 20.2 Å². The summed E-state index contributed by atoms with van der Waals surface area (Å²) in [6.45, 7) is 0.458. The summed E-state index contributed by atoms with van der Waals surface area (Å²) < 4.78 is 5.70. The number of non-ortho nitro benzene ring substituents is 1. The molecule has 0 amide bonds. The van der Waals surface area contributed by atoms with Crippen LogP contribution in [0.4, 0.5) is 17.1 Å². The largest absolute Gasteiger partial charge is 0.489 e. The summed E-state index contributed by atoms with van der Waals surface area (Å²) in [5.41, 5.74) is 3.61. The summed E-state index contributed by atoms with van der Waals surface area (Å²) in [5, 5.41) is 25.8. The van der Waals surface area contributed by atoms with Crippen molar-refractivity contribution in [2.75, 3.05) is 5.43 Å². The molecule has 0 radical (unpaired) electrons. The number of benzene rings is 3. The zero-order chi connectivity index (χ0) is 20.6. The van der Waals surface area contributed by atoms with Crippen LogP contribution in [0.25, 0.3) is 0 Å². The van der Waals surface area contributed by atoms with E-state index in [1.54, 1.807) is 24.3 Å². The molecule has 0 aliphatic carbocycles. The minimum absolute atomic E-state index is 0.0552. The predicted octanol–water partition coefficient (Wildman–Crippen LogP) is 4.53. The first-order valence-corrected chi connectivity index (χ1v) is 8.51. The van der Waals surface area contributed by atoms with E-state index in [2.05, 4.69) is 10.5 Å². The molecular weight excluding hydrogens is 376 g/mol. The Hall–Kier alpha value is -4.27. The van der Waals surface area contributed by atoms with Crippen LogP contribution < -0.4 is 10.2 Å². The predicted molar refractivity (Wildman–Crippen MR) is 108 cm³/mol. The molecule has 0 atom stereocenters. The highest BCUT2D eigenvalue weighted by atomic mass is 16.6. The Balaban J connectivity index is 1.62. The standard InChI is InChI=1S/C20H16N4O5/c25-23(26)17-8-11-19(20(12-17)24(27)28)22-21-13-15-6-9-18(10-7-15)29-14-16-4-2-1-3-5-16/h1-13,22H,14H2/b21-13-. The monoisotopic (exact) mass is 392 g/mol. The number of rotatable bonds is 8. The first-order valence-electron chi connectivity index (χ1n) is 8.51. The van der Waals surface area contributed by atoms with Crippen molar-refractivity contribution in [1.29, 1.82) is 0 Å². The molecule has 0 heterocycles. The second-order valence-corrected chi connectivity index (χ2v) is 5.93. The highest BCUT2D eigenvalue weighted by Crippen LogP contribution is 2.28. The topological polar surface area (TPSA) is 120 Å². The number of anilines is 1. The van der Waals surface area contributed by atoms with Gasteiger partial charge in [0.2, 0.25) is 0 Å². The van der Waals surface area contributed by atoms with E-state index in [0.717, 1.165) is 17.2 Å². The number of hydrazone groups is 1. The molecule has 146 valence electrons. The van der Waals surface area contributed by atoms with Crippen molar-refractivity contribution in [1.82, 2.24) is 0 Å². The SMILES string of the molecule is O=[N+]([O-])c1ccc(N/N=C\c2ccc(OCc3ccccc3)cc2)c([N+](=O)[O-])c1. The van der Waals surface area contributed by atoms with Gasteiger partial charge >= 0.3 is 5.69 Å². The maximum atomic E-state index is 11.1. The molecule has 0 aromatic heterocycles. The van der Waals surface area contributed by atoms with E-state index in [1.165, 1.54) is 18.3 Å². The fraction of sp³-hybridized carbons (Fsp3) is 0.0500. The summed E-state index contributed by atoms with van der Waals surface area (Å²) >= 11 is 0. The molecule has 3 rings (SSSR count). The normalized spacial score (nSPS) is 10.6. The summed E-state index contributed by atoms with van der Waals surface area (Å²) in [6.07, 6.45) is 1.48. The first-order chi connectivity index (χ1) is 14.0. The molecule has 3 aromatic carbocycles. The Labute approximate surface area is 165 Å². The Morgan fingerprint density at radius 2 is 1.66 bits per heavy atom. The van der Waals surface area contributed by atoms with Gasteiger partial charge in [0.15, 0.2) is 0 Å². The number of nitro benzene ring substituents is 2. The lowest BCUT2D eigenvalue weighted by Gasteiger charge is -2.06. The van der Waals surface area contributed by atoms with Crippen molar-refractivity contribution in [3.8, 4) is 5.75 Å². The Morgan fingerprint density at radius 1 is 0.931 bits per heavy atom. The molecule has 0 bridgehead atoms. The highest BCUT2D eigenvalue weighted by Gasteiger charge is 2.19.